The second-order valence-corrected chi connectivity index (χ2v) is 5.80. The maximum Gasteiger partial charge on any atom is 0.0788 e. The minimum atomic E-state index is -0.633. The normalized spacial score (nSPS) is 19.0. The molecule has 0 bridgehead atoms. The smallest absolute Gasteiger partial charge is 0.0788 e. The lowest BCUT2D eigenvalue weighted by molar-refractivity contribution is 0.0697. The number of piperidine rings is 1. The van der Waals surface area contributed by atoms with E-state index in [-0.39, 0.29) is 0 Å². The van der Waals surface area contributed by atoms with Crippen LogP contribution < -0.4 is 10.2 Å². The first-order valence-corrected chi connectivity index (χ1v) is 7.42. The van der Waals surface area contributed by atoms with Gasteiger partial charge in [-0.3, -0.25) is 0 Å². The van der Waals surface area contributed by atoms with Gasteiger partial charge in [-0.15, -0.1) is 0 Å². The number of benzene rings is 1. The van der Waals surface area contributed by atoms with E-state index < -0.39 is 5.60 Å². The molecule has 1 aromatic carbocycles. The first kappa shape index (κ1) is 14.2. The van der Waals surface area contributed by atoms with Gasteiger partial charge < -0.3 is 15.3 Å². The molecule has 1 aliphatic rings. The molecule has 0 spiro atoms. The van der Waals surface area contributed by atoms with Crippen LogP contribution in [0.3, 0.4) is 0 Å². The van der Waals surface area contributed by atoms with Gasteiger partial charge in [0.05, 0.1) is 5.60 Å². The molecule has 0 amide bonds. The van der Waals surface area contributed by atoms with Crippen LogP contribution in [0.1, 0.15) is 39.5 Å². The van der Waals surface area contributed by atoms with Crippen molar-refractivity contribution in [3.63, 3.8) is 0 Å². The molecule has 1 aromatic rings. The number of hydrogen-bond acceptors (Lipinski definition) is 3. The molecule has 3 heteroatoms. The summed E-state index contributed by atoms with van der Waals surface area (Å²) in [4.78, 5) is 2.45. The summed E-state index contributed by atoms with van der Waals surface area (Å²) in [6, 6.07) is 8.56. The van der Waals surface area contributed by atoms with Crippen molar-refractivity contribution in [3.05, 3.63) is 24.3 Å². The minimum absolute atomic E-state index is 0.590. The minimum Gasteiger partial charge on any atom is -0.388 e. The number of rotatable bonds is 5. The average molecular weight is 262 g/mol. The summed E-state index contributed by atoms with van der Waals surface area (Å²) in [6.07, 6.45) is 4.73. The summed E-state index contributed by atoms with van der Waals surface area (Å²) >= 11 is 0. The third kappa shape index (κ3) is 4.13. The summed E-state index contributed by atoms with van der Waals surface area (Å²) in [6.45, 7) is 6.81. The zero-order chi connectivity index (χ0) is 13.7. The molecular formula is C16H26N2O. The van der Waals surface area contributed by atoms with E-state index in [0.29, 0.717) is 6.54 Å². The van der Waals surface area contributed by atoms with Gasteiger partial charge in [0, 0.05) is 31.0 Å². The Labute approximate surface area is 116 Å². The van der Waals surface area contributed by atoms with Crippen molar-refractivity contribution in [3.8, 4) is 0 Å². The van der Waals surface area contributed by atoms with Gasteiger partial charge in [-0.2, -0.15) is 0 Å². The second-order valence-electron chi connectivity index (χ2n) is 5.80. The standard InChI is InChI=1S/C16H26N2O/c1-3-16(2,19)13-17-14-7-9-15(10-8-14)18-11-5-4-6-12-18/h7-10,17,19H,3-6,11-13H2,1-2H3. The molecule has 19 heavy (non-hydrogen) atoms. The second kappa shape index (κ2) is 6.29. The highest BCUT2D eigenvalue weighted by atomic mass is 16.3. The molecular weight excluding hydrogens is 236 g/mol. The first-order valence-electron chi connectivity index (χ1n) is 7.42. The molecule has 0 saturated carbocycles. The molecule has 1 atom stereocenters. The summed E-state index contributed by atoms with van der Waals surface area (Å²) in [5.74, 6) is 0. The molecule has 2 N–H and O–H groups in total. The van der Waals surface area contributed by atoms with Crippen LogP contribution in [-0.2, 0) is 0 Å². The fourth-order valence-electron chi connectivity index (χ4n) is 2.36. The molecule has 0 aromatic heterocycles. The average Bonchev–Trinajstić information content (AvgIpc) is 2.47. The Morgan fingerprint density at radius 3 is 2.37 bits per heavy atom. The highest BCUT2D eigenvalue weighted by Gasteiger charge is 2.16. The van der Waals surface area contributed by atoms with Crippen LogP contribution in [-0.4, -0.2) is 30.3 Å². The predicted molar refractivity (Wildman–Crippen MR) is 81.9 cm³/mol. The molecule has 106 valence electrons. The van der Waals surface area contributed by atoms with Crippen molar-refractivity contribution >= 4 is 11.4 Å². The molecule has 2 rings (SSSR count). The maximum atomic E-state index is 9.97. The largest absolute Gasteiger partial charge is 0.388 e. The van der Waals surface area contributed by atoms with Crippen LogP contribution in [0.4, 0.5) is 11.4 Å². The van der Waals surface area contributed by atoms with Crippen LogP contribution in [0.2, 0.25) is 0 Å². The number of aliphatic hydroxyl groups is 1. The first-order chi connectivity index (χ1) is 9.11. The van der Waals surface area contributed by atoms with Crippen LogP contribution in [0.25, 0.3) is 0 Å². The lowest BCUT2D eigenvalue weighted by atomic mass is 10.0. The van der Waals surface area contributed by atoms with Crippen molar-refractivity contribution in [2.75, 3.05) is 29.9 Å². The summed E-state index contributed by atoms with van der Waals surface area (Å²) < 4.78 is 0. The Morgan fingerprint density at radius 1 is 1.16 bits per heavy atom. The number of nitrogens with zero attached hydrogens (tertiary/aromatic N) is 1. The molecule has 1 saturated heterocycles. The SMILES string of the molecule is CCC(C)(O)CNc1ccc(N2CCCCC2)cc1. The third-order valence-corrected chi connectivity index (χ3v) is 4.02. The van der Waals surface area contributed by atoms with Gasteiger partial charge in [0.1, 0.15) is 0 Å². The molecule has 3 nitrogen and oxygen atoms in total. The van der Waals surface area contributed by atoms with Gasteiger partial charge in [0.2, 0.25) is 0 Å². The van der Waals surface area contributed by atoms with Crippen molar-refractivity contribution in [1.29, 1.82) is 0 Å². The van der Waals surface area contributed by atoms with Gasteiger partial charge in [0.25, 0.3) is 0 Å². The molecule has 1 aliphatic heterocycles. The molecule has 0 radical (unpaired) electrons. The van der Waals surface area contributed by atoms with E-state index >= 15 is 0 Å². The third-order valence-electron chi connectivity index (χ3n) is 4.02. The fourth-order valence-corrected chi connectivity index (χ4v) is 2.36. The Balaban J connectivity index is 1.91. The quantitative estimate of drug-likeness (QED) is 0.855. The number of anilines is 2. The van der Waals surface area contributed by atoms with Crippen molar-refractivity contribution in [2.45, 2.75) is 45.1 Å². The van der Waals surface area contributed by atoms with Gasteiger partial charge in [0.15, 0.2) is 0 Å². The monoisotopic (exact) mass is 262 g/mol. The molecule has 1 fully saturated rings. The van der Waals surface area contributed by atoms with E-state index in [1.165, 1.54) is 38.0 Å². The van der Waals surface area contributed by atoms with Crippen LogP contribution in [0.5, 0.6) is 0 Å². The highest BCUT2D eigenvalue weighted by Crippen LogP contribution is 2.22. The van der Waals surface area contributed by atoms with E-state index in [2.05, 4.69) is 34.5 Å². The Bertz CT molecular complexity index is 380. The van der Waals surface area contributed by atoms with E-state index in [1.807, 2.05) is 13.8 Å². The van der Waals surface area contributed by atoms with Gasteiger partial charge in [-0.1, -0.05) is 6.92 Å². The van der Waals surface area contributed by atoms with Gasteiger partial charge in [-0.05, 0) is 56.9 Å². The van der Waals surface area contributed by atoms with E-state index in [9.17, 15) is 5.11 Å². The predicted octanol–water partition coefficient (Wildman–Crippen LogP) is 3.25. The van der Waals surface area contributed by atoms with Crippen LogP contribution in [0.15, 0.2) is 24.3 Å². The Kier molecular flexibility index (Phi) is 4.70. The summed E-state index contributed by atoms with van der Waals surface area (Å²) in [7, 11) is 0. The molecule has 1 unspecified atom stereocenters. The van der Waals surface area contributed by atoms with E-state index in [0.717, 1.165) is 12.1 Å². The Morgan fingerprint density at radius 2 is 1.79 bits per heavy atom. The highest BCUT2D eigenvalue weighted by molar-refractivity contribution is 5.55. The maximum absolute atomic E-state index is 9.97. The Hall–Kier alpha value is -1.22. The van der Waals surface area contributed by atoms with E-state index in [4.69, 9.17) is 0 Å². The zero-order valence-corrected chi connectivity index (χ0v) is 12.2. The van der Waals surface area contributed by atoms with Crippen molar-refractivity contribution < 1.29 is 5.11 Å². The number of hydrogen-bond donors (Lipinski definition) is 2. The zero-order valence-electron chi connectivity index (χ0n) is 12.2. The van der Waals surface area contributed by atoms with Crippen molar-refractivity contribution in [1.82, 2.24) is 0 Å². The summed E-state index contributed by atoms with van der Waals surface area (Å²) in [5, 5.41) is 13.3. The van der Waals surface area contributed by atoms with Crippen LogP contribution >= 0.6 is 0 Å². The topological polar surface area (TPSA) is 35.5 Å². The van der Waals surface area contributed by atoms with Crippen LogP contribution in [0, 0.1) is 0 Å². The van der Waals surface area contributed by atoms with E-state index in [1.54, 1.807) is 0 Å². The molecule has 1 heterocycles. The number of nitrogens with one attached hydrogen (secondary N) is 1. The van der Waals surface area contributed by atoms with Crippen molar-refractivity contribution in [2.24, 2.45) is 0 Å². The lowest BCUT2D eigenvalue weighted by Gasteiger charge is -2.29. The molecule has 0 aliphatic carbocycles. The lowest BCUT2D eigenvalue weighted by Crippen LogP contribution is -2.32. The van der Waals surface area contributed by atoms with Gasteiger partial charge >= 0.3 is 0 Å². The fraction of sp³-hybridized carbons (Fsp3) is 0.625. The van der Waals surface area contributed by atoms with Gasteiger partial charge in [-0.25, -0.2) is 0 Å². The summed E-state index contributed by atoms with van der Waals surface area (Å²) in [5.41, 5.74) is 1.76.